The molecule has 0 saturated heterocycles. The molecule has 0 fully saturated rings. The maximum absolute atomic E-state index is 6.16. The van der Waals surface area contributed by atoms with E-state index in [2.05, 4.69) is 30.4 Å². The molecular weight excluding hydrogens is 317 g/mol. The SMILES string of the molecule is [CH-]=CC(c1ccc(C)c(Cl)c1)C1C=CCC=C1.[Y]. The summed E-state index contributed by atoms with van der Waals surface area (Å²) in [6.07, 6.45) is 11.5. The molecule has 91 valence electrons. The number of hydrogen-bond acceptors (Lipinski definition) is 0. The van der Waals surface area contributed by atoms with E-state index in [0.29, 0.717) is 5.92 Å². The van der Waals surface area contributed by atoms with Gasteiger partial charge in [-0.25, -0.2) is 0 Å². The Bertz CT molecular complexity index is 462. The van der Waals surface area contributed by atoms with Crippen molar-refractivity contribution in [3.8, 4) is 0 Å². The third-order valence-electron chi connectivity index (χ3n) is 3.19. The largest absolute Gasteiger partial charge is 0.517 e. The van der Waals surface area contributed by atoms with E-state index in [1.165, 1.54) is 5.56 Å². The summed E-state index contributed by atoms with van der Waals surface area (Å²) < 4.78 is 0. The quantitative estimate of drug-likeness (QED) is 0.548. The Morgan fingerprint density at radius 1 is 1.33 bits per heavy atom. The molecule has 1 atom stereocenters. The second kappa shape index (κ2) is 7.43. The molecule has 1 radical (unpaired) electrons. The molecule has 0 heterocycles. The maximum Gasteiger partial charge on any atom is 0.0438 e. The van der Waals surface area contributed by atoms with Crippen molar-refractivity contribution in [3.05, 3.63) is 71.3 Å². The summed E-state index contributed by atoms with van der Waals surface area (Å²) in [6.45, 7) is 7.80. The van der Waals surface area contributed by atoms with Gasteiger partial charge in [0, 0.05) is 43.6 Å². The number of halogens is 1. The number of benzene rings is 1. The summed E-state index contributed by atoms with van der Waals surface area (Å²) in [5.74, 6) is 0.536. The van der Waals surface area contributed by atoms with Crippen LogP contribution in [-0.4, -0.2) is 0 Å². The van der Waals surface area contributed by atoms with Crippen molar-refractivity contribution in [2.24, 2.45) is 5.92 Å². The number of rotatable bonds is 3. The van der Waals surface area contributed by atoms with Crippen molar-refractivity contribution in [1.29, 1.82) is 0 Å². The summed E-state index contributed by atoms with van der Waals surface area (Å²) in [4.78, 5) is 0. The van der Waals surface area contributed by atoms with Crippen LogP contribution in [0.25, 0.3) is 0 Å². The summed E-state index contributed by atoms with van der Waals surface area (Å²) >= 11 is 6.16. The van der Waals surface area contributed by atoms with Crippen LogP contribution in [0, 0.1) is 19.4 Å². The molecule has 0 N–H and O–H groups in total. The minimum atomic E-state index is 0. The van der Waals surface area contributed by atoms with Crippen LogP contribution in [0.3, 0.4) is 0 Å². The van der Waals surface area contributed by atoms with Crippen LogP contribution in [0.4, 0.5) is 0 Å². The van der Waals surface area contributed by atoms with E-state index < -0.39 is 0 Å². The van der Waals surface area contributed by atoms with Crippen LogP contribution in [0.5, 0.6) is 0 Å². The molecule has 1 aliphatic carbocycles. The first-order valence-corrected chi connectivity index (χ1v) is 6.24. The fraction of sp³-hybridized carbons (Fsp3) is 0.250. The maximum atomic E-state index is 6.16. The van der Waals surface area contributed by atoms with E-state index in [1.807, 2.05) is 19.1 Å². The van der Waals surface area contributed by atoms with E-state index in [4.69, 9.17) is 18.2 Å². The summed E-state index contributed by atoms with van der Waals surface area (Å²) in [5, 5.41) is 0.804. The van der Waals surface area contributed by atoms with Gasteiger partial charge in [-0.2, -0.15) is 0 Å². The van der Waals surface area contributed by atoms with Crippen LogP contribution < -0.4 is 0 Å². The Labute approximate surface area is 140 Å². The van der Waals surface area contributed by atoms with Gasteiger partial charge >= 0.3 is 0 Å². The monoisotopic (exact) mass is 332 g/mol. The first kappa shape index (κ1) is 15.9. The zero-order valence-electron chi connectivity index (χ0n) is 10.5. The van der Waals surface area contributed by atoms with E-state index >= 15 is 0 Å². The van der Waals surface area contributed by atoms with Crippen LogP contribution in [-0.2, 0) is 32.7 Å². The minimum absolute atomic E-state index is 0. The molecule has 1 aliphatic rings. The smallest absolute Gasteiger partial charge is 0.0438 e. The first-order valence-electron chi connectivity index (χ1n) is 5.87. The predicted octanol–water partition coefficient (Wildman–Crippen LogP) is 4.85. The Morgan fingerprint density at radius 2 is 2.00 bits per heavy atom. The van der Waals surface area contributed by atoms with Gasteiger partial charge in [0.2, 0.25) is 0 Å². The normalized spacial score (nSPS) is 16.1. The van der Waals surface area contributed by atoms with E-state index in [9.17, 15) is 0 Å². The average Bonchev–Trinajstić information content (AvgIpc) is 2.36. The first-order chi connectivity index (χ1) is 8.22. The number of aryl methyl sites for hydroxylation is 1. The third kappa shape index (κ3) is 3.66. The van der Waals surface area contributed by atoms with Crippen molar-refractivity contribution in [2.45, 2.75) is 19.3 Å². The van der Waals surface area contributed by atoms with Gasteiger partial charge in [0.15, 0.2) is 0 Å². The molecule has 0 nitrogen and oxygen atoms in total. The van der Waals surface area contributed by atoms with Crippen molar-refractivity contribution in [1.82, 2.24) is 0 Å². The molecule has 2 heteroatoms. The molecule has 0 saturated carbocycles. The average molecular weight is 333 g/mol. The molecule has 1 aromatic rings. The van der Waals surface area contributed by atoms with Crippen LogP contribution in [0.1, 0.15) is 23.5 Å². The third-order valence-corrected chi connectivity index (χ3v) is 3.60. The van der Waals surface area contributed by atoms with Gasteiger partial charge in [0.1, 0.15) is 0 Å². The topological polar surface area (TPSA) is 0 Å². The van der Waals surface area contributed by atoms with Gasteiger partial charge in [-0.15, -0.1) is 0 Å². The van der Waals surface area contributed by atoms with Gasteiger partial charge in [-0.05, 0) is 36.5 Å². The second-order valence-electron chi connectivity index (χ2n) is 4.40. The van der Waals surface area contributed by atoms with Crippen LogP contribution in [0.2, 0.25) is 5.02 Å². The minimum Gasteiger partial charge on any atom is -0.517 e. The van der Waals surface area contributed by atoms with E-state index in [-0.39, 0.29) is 38.6 Å². The van der Waals surface area contributed by atoms with Gasteiger partial charge in [0.05, 0.1) is 0 Å². The molecule has 0 aliphatic heterocycles. The van der Waals surface area contributed by atoms with Gasteiger partial charge in [-0.1, -0.05) is 48.0 Å². The molecule has 1 aromatic carbocycles. The Hall–Kier alpha value is -0.166. The van der Waals surface area contributed by atoms with E-state index in [0.717, 1.165) is 17.0 Å². The van der Waals surface area contributed by atoms with Crippen molar-refractivity contribution < 1.29 is 32.7 Å². The molecule has 18 heavy (non-hydrogen) atoms. The van der Waals surface area contributed by atoms with Crippen LogP contribution in [0.15, 0.2) is 48.6 Å². The standard InChI is InChI=1S/C16H16Cl.Y/c1-3-15(13-7-5-4-6-8-13)14-10-9-12(2)16(17)11-14;/h1,3,5-11,13,15H,4H2,2H3;/q-1;. The zero-order valence-corrected chi connectivity index (χ0v) is 14.1. The fourth-order valence-electron chi connectivity index (χ4n) is 2.13. The molecule has 2 rings (SSSR count). The van der Waals surface area contributed by atoms with Crippen molar-refractivity contribution in [3.63, 3.8) is 0 Å². The number of hydrogen-bond donors (Lipinski definition) is 0. The molecular formula is C16H16ClY-. The number of allylic oxidation sites excluding steroid dienone is 5. The van der Waals surface area contributed by atoms with Crippen molar-refractivity contribution in [2.75, 3.05) is 0 Å². The van der Waals surface area contributed by atoms with Gasteiger partial charge < -0.3 is 6.58 Å². The van der Waals surface area contributed by atoms with Crippen LogP contribution >= 0.6 is 11.6 Å². The Morgan fingerprint density at radius 3 is 2.56 bits per heavy atom. The van der Waals surface area contributed by atoms with Crippen molar-refractivity contribution >= 4 is 11.6 Å². The predicted molar refractivity (Wildman–Crippen MR) is 74.2 cm³/mol. The molecule has 0 amide bonds. The van der Waals surface area contributed by atoms with Gasteiger partial charge in [0.25, 0.3) is 0 Å². The van der Waals surface area contributed by atoms with Gasteiger partial charge in [-0.3, -0.25) is 6.08 Å². The summed E-state index contributed by atoms with van der Waals surface area (Å²) in [6, 6.07) is 6.16. The zero-order chi connectivity index (χ0) is 12.3. The molecule has 1 unspecified atom stereocenters. The summed E-state index contributed by atoms with van der Waals surface area (Å²) in [5.41, 5.74) is 2.27. The molecule has 0 bridgehead atoms. The molecule has 0 spiro atoms. The molecule has 0 aromatic heterocycles. The Balaban J connectivity index is 0.00000162. The Kier molecular flexibility index (Phi) is 6.56. The fourth-order valence-corrected chi connectivity index (χ4v) is 2.32. The van der Waals surface area contributed by atoms with E-state index in [1.54, 1.807) is 6.08 Å². The summed E-state index contributed by atoms with van der Waals surface area (Å²) in [7, 11) is 0. The second-order valence-corrected chi connectivity index (χ2v) is 4.80.